The predicted octanol–water partition coefficient (Wildman–Crippen LogP) is 0.359. The topological polar surface area (TPSA) is 68.2 Å². The Labute approximate surface area is 127 Å². The highest BCUT2D eigenvalue weighted by atomic mass is 19.1. The van der Waals surface area contributed by atoms with Crippen LogP contribution in [-0.4, -0.2) is 47.8 Å². The first-order valence-corrected chi connectivity index (χ1v) is 7.35. The lowest BCUT2D eigenvalue weighted by molar-refractivity contribution is -0.125. The molecule has 2 heterocycles. The zero-order chi connectivity index (χ0) is 15.5. The van der Waals surface area contributed by atoms with Gasteiger partial charge in [-0.15, -0.1) is 0 Å². The number of carbonyl (C=O) groups excluding carboxylic acids is 1. The molecule has 1 aromatic carbocycles. The molecule has 0 unspecified atom stereocenters. The van der Waals surface area contributed by atoms with Crippen molar-refractivity contribution in [3.05, 3.63) is 29.8 Å². The number of ether oxygens (including phenoxy) is 1. The van der Waals surface area contributed by atoms with Crippen LogP contribution in [0.4, 0.5) is 4.39 Å². The van der Waals surface area contributed by atoms with Gasteiger partial charge in [-0.05, 0) is 12.1 Å². The number of hydrogen-bond donors (Lipinski definition) is 2. The maximum atomic E-state index is 13.2. The number of nitrogens with one attached hydrogen (secondary N) is 2. The SMILES string of the molecule is Cn1c(CCNC(=O)[C@H]2COCCN2)nc2cc(F)ccc21. The van der Waals surface area contributed by atoms with E-state index in [1.165, 1.54) is 12.1 Å². The second-order valence-electron chi connectivity index (χ2n) is 5.34. The summed E-state index contributed by atoms with van der Waals surface area (Å²) in [4.78, 5) is 16.4. The van der Waals surface area contributed by atoms with Crippen LogP contribution in [0.15, 0.2) is 18.2 Å². The molecule has 0 radical (unpaired) electrons. The Balaban J connectivity index is 1.59. The van der Waals surface area contributed by atoms with Crippen LogP contribution in [0.3, 0.4) is 0 Å². The van der Waals surface area contributed by atoms with Crippen LogP contribution in [0.25, 0.3) is 11.0 Å². The van der Waals surface area contributed by atoms with Crippen molar-refractivity contribution in [2.45, 2.75) is 12.5 Å². The van der Waals surface area contributed by atoms with E-state index in [4.69, 9.17) is 4.74 Å². The number of rotatable bonds is 4. The van der Waals surface area contributed by atoms with Gasteiger partial charge >= 0.3 is 0 Å². The standard InChI is InChI=1S/C15H19FN4O2/c1-20-13-3-2-10(16)8-11(13)19-14(20)4-5-18-15(21)12-9-22-7-6-17-12/h2-3,8,12,17H,4-7,9H2,1H3,(H,18,21)/t12-/m1/s1. The number of fused-ring (bicyclic) bond motifs is 1. The van der Waals surface area contributed by atoms with Gasteiger partial charge in [-0.25, -0.2) is 9.37 Å². The van der Waals surface area contributed by atoms with Crippen LogP contribution >= 0.6 is 0 Å². The molecule has 2 aromatic rings. The van der Waals surface area contributed by atoms with E-state index in [-0.39, 0.29) is 17.8 Å². The number of carbonyl (C=O) groups is 1. The Hall–Kier alpha value is -1.99. The van der Waals surface area contributed by atoms with E-state index in [1.54, 1.807) is 6.07 Å². The molecule has 2 N–H and O–H groups in total. The number of amides is 1. The summed E-state index contributed by atoms with van der Waals surface area (Å²) in [5.41, 5.74) is 1.51. The van der Waals surface area contributed by atoms with Gasteiger partial charge in [0, 0.05) is 32.6 Å². The molecule has 1 atom stereocenters. The quantitative estimate of drug-likeness (QED) is 0.856. The van der Waals surface area contributed by atoms with Crippen molar-refractivity contribution in [1.82, 2.24) is 20.2 Å². The molecule has 0 spiro atoms. The van der Waals surface area contributed by atoms with Crippen LogP contribution in [-0.2, 0) is 23.0 Å². The molecule has 7 heteroatoms. The molecular weight excluding hydrogens is 287 g/mol. The van der Waals surface area contributed by atoms with Gasteiger partial charge in [-0.3, -0.25) is 4.79 Å². The van der Waals surface area contributed by atoms with Gasteiger partial charge in [0.25, 0.3) is 0 Å². The summed E-state index contributed by atoms with van der Waals surface area (Å²) < 4.78 is 20.4. The maximum Gasteiger partial charge on any atom is 0.239 e. The summed E-state index contributed by atoms with van der Waals surface area (Å²) in [6.07, 6.45) is 0.589. The maximum absolute atomic E-state index is 13.2. The lowest BCUT2D eigenvalue weighted by Crippen LogP contribution is -2.51. The molecule has 1 amide bonds. The van der Waals surface area contributed by atoms with Crippen LogP contribution in [0.1, 0.15) is 5.82 Å². The molecule has 1 aliphatic heterocycles. The molecule has 118 valence electrons. The third-order valence-electron chi connectivity index (χ3n) is 3.82. The van der Waals surface area contributed by atoms with E-state index in [9.17, 15) is 9.18 Å². The fourth-order valence-corrected chi connectivity index (χ4v) is 2.60. The highest BCUT2D eigenvalue weighted by molar-refractivity contribution is 5.82. The van der Waals surface area contributed by atoms with Gasteiger partial charge in [0.2, 0.25) is 5.91 Å². The minimum absolute atomic E-state index is 0.0653. The lowest BCUT2D eigenvalue weighted by atomic mass is 10.2. The predicted molar refractivity (Wildman–Crippen MR) is 80.0 cm³/mol. The van der Waals surface area contributed by atoms with E-state index < -0.39 is 0 Å². The summed E-state index contributed by atoms with van der Waals surface area (Å²) in [6.45, 7) is 2.21. The molecular formula is C15H19FN4O2. The Kier molecular flexibility index (Phi) is 4.35. The summed E-state index contributed by atoms with van der Waals surface area (Å²) in [5, 5.41) is 5.98. The molecule has 3 rings (SSSR count). The molecule has 0 saturated carbocycles. The highest BCUT2D eigenvalue weighted by Gasteiger charge is 2.20. The van der Waals surface area contributed by atoms with Crippen LogP contribution < -0.4 is 10.6 Å². The Morgan fingerprint density at radius 3 is 3.23 bits per heavy atom. The molecule has 0 aliphatic carbocycles. The number of benzene rings is 1. The first kappa shape index (κ1) is 14.9. The second-order valence-corrected chi connectivity index (χ2v) is 5.34. The minimum atomic E-state index is -0.297. The summed E-state index contributed by atoms with van der Waals surface area (Å²) in [6, 6.07) is 4.26. The van der Waals surface area contributed by atoms with Crippen LogP contribution in [0, 0.1) is 5.82 Å². The molecule has 22 heavy (non-hydrogen) atoms. The van der Waals surface area contributed by atoms with Gasteiger partial charge in [0.1, 0.15) is 17.7 Å². The first-order valence-electron chi connectivity index (χ1n) is 7.35. The van der Waals surface area contributed by atoms with Crippen LogP contribution in [0.2, 0.25) is 0 Å². The molecule has 1 aromatic heterocycles. The van der Waals surface area contributed by atoms with E-state index in [1.807, 2.05) is 11.6 Å². The number of nitrogens with zero attached hydrogens (tertiary/aromatic N) is 2. The summed E-state index contributed by atoms with van der Waals surface area (Å²) in [7, 11) is 1.89. The second kappa shape index (κ2) is 6.41. The normalized spacial score (nSPS) is 18.5. The van der Waals surface area contributed by atoms with Gasteiger partial charge in [0.15, 0.2) is 0 Å². The van der Waals surface area contributed by atoms with Gasteiger partial charge in [-0.1, -0.05) is 0 Å². The number of imidazole rings is 1. The number of halogens is 1. The minimum Gasteiger partial charge on any atom is -0.378 e. The Bertz CT molecular complexity index is 679. The summed E-state index contributed by atoms with van der Waals surface area (Å²) >= 11 is 0. The number of hydrogen-bond acceptors (Lipinski definition) is 4. The van der Waals surface area contributed by atoms with Crippen molar-refractivity contribution < 1.29 is 13.9 Å². The van der Waals surface area contributed by atoms with Crippen molar-refractivity contribution in [2.24, 2.45) is 7.05 Å². The first-order chi connectivity index (χ1) is 10.6. The highest BCUT2D eigenvalue weighted by Crippen LogP contribution is 2.16. The molecule has 1 fully saturated rings. The monoisotopic (exact) mass is 306 g/mol. The van der Waals surface area contributed by atoms with Crippen molar-refractivity contribution in [2.75, 3.05) is 26.3 Å². The molecule has 6 nitrogen and oxygen atoms in total. The largest absolute Gasteiger partial charge is 0.378 e. The van der Waals surface area contributed by atoms with Crippen LogP contribution in [0.5, 0.6) is 0 Å². The average Bonchev–Trinajstić information content (AvgIpc) is 2.83. The van der Waals surface area contributed by atoms with Crippen molar-refractivity contribution in [1.29, 1.82) is 0 Å². The Morgan fingerprint density at radius 1 is 1.59 bits per heavy atom. The molecule has 0 bridgehead atoms. The molecule has 1 saturated heterocycles. The Morgan fingerprint density at radius 2 is 2.45 bits per heavy atom. The van der Waals surface area contributed by atoms with E-state index in [2.05, 4.69) is 15.6 Å². The molecule has 1 aliphatic rings. The number of aryl methyl sites for hydroxylation is 1. The summed E-state index contributed by atoms with van der Waals surface area (Å²) in [5.74, 6) is 0.451. The average molecular weight is 306 g/mol. The fraction of sp³-hybridized carbons (Fsp3) is 0.467. The van der Waals surface area contributed by atoms with Crippen molar-refractivity contribution >= 4 is 16.9 Å². The number of morpholine rings is 1. The third-order valence-corrected chi connectivity index (χ3v) is 3.82. The zero-order valence-corrected chi connectivity index (χ0v) is 12.4. The third kappa shape index (κ3) is 3.10. The van der Waals surface area contributed by atoms with Crippen molar-refractivity contribution in [3.63, 3.8) is 0 Å². The zero-order valence-electron chi connectivity index (χ0n) is 12.4. The van der Waals surface area contributed by atoms with Gasteiger partial charge in [0.05, 0.1) is 24.2 Å². The smallest absolute Gasteiger partial charge is 0.239 e. The van der Waals surface area contributed by atoms with Crippen molar-refractivity contribution in [3.8, 4) is 0 Å². The van der Waals surface area contributed by atoms with E-state index >= 15 is 0 Å². The fourth-order valence-electron chi connectivity index (χ4n) is 2.60. The number of aromatic nitrogens is 2. The van der Waals surface area contributed by atoms with Gasteiger partial charge < -0.3 is 19.9 Å². The van der Waals surface area contributed by atoms with E-state index in [0.717, 1.165) is 11.3 Å². The van der Waals surface area contributed by atoms with Gasteiger partial charge in [-0.2, -0.15) is 0 Å². The lowest BCUT2D eigenvalue weighted by Gasteiger charge is -2.22. The van der Waals surface area contributed by atoms with E-state index in [0.29, 0.717) is 38.2 Å².